The number of hydrogen-bond donors (Lipinski definition) is 0. The monoisotopic (exact) mass is 417 g/mol. The first-order valence-corrected chi connectivity index (χ1v) is 10.3. The van der Waals surface area contributed by atoms with Crippen molar-refractivity contribution in [3.8, 4) is 0 Å². The van der Waals surface area contributed by atoms with Crippen LogP contribution >= 0.6 is 0 Å². The van der Waals surface area contributed by atoms with E-state index in [1.54, 1.807) is 24.3 Å². The van der Waals surface area contributed by atoms with Crippen molar-refractivity contribution < 1.29 is 23.9 Å². The molecule has 1 heterocycles. The number of hydrogen-bond acceptors (Lipinski definition) is 5. The number of Topliss-reactive ketones (excluding diaryl/α,β-unsaturated/α-hetero) is 1. The average molecular weight is 417 g/mol. The topological polar surface area (TPSA) is 80.8 Å². The third-order valence-electron chi connectivity index (χ3n) is 6.01. The molecule has 1 aliphatic carbocycles. The van der Waals surface area contributed by atoms with Crippen LogP contribution in [0.1, 0.15) is 44.7 Å². The summed E-state index contributed by atoms with van der Waals surface area (Å²) in [5, 5.41) is 0. The molecule has 6 heteroatoms. The largest absolute Gasteiger partial charge is 0.454 e. The quantitative estimate of drug-likeness (QED) is 0.320. The third kappa shape index (κ3) is 3.93. The van der Waals surface area contributed by atoms with Gasteiger partial charge < -0.3 is 4.74 Å². The fourth-order valence-electron chi connectivity index (χ4n) is 4.04. The first-order chi connectivity index (χ1) is 14.9. The number of rotatable bonds is 5. The van der Waals surface area contributed by atoms with Gasteiger partial charge in [-0.25, -0.2) is 4.79 Å². The number of imide groups is 1. The van der Waals surface area contributed by atoms with Crippen molar-refractivity contribution in [2.45, 2.75) is 26.7 Å². The summed E-state index contributed by atoms with van der Waals surface area (Å²) in [5.74, 6) is -2.15. The summed E-state index contributed by atoms with van der Waals surface area (Å²) in [7, 11) is 0. The van der Waals surface area contributed by atoms with E-state index >= 15 is 0 Å². The van der Waals surface area contributed by atoms with Gasteiger partial charge in [-0.15, -0.1) is 0 Å². The van der Waals surface area contributed by atoms with E-state index in [0.717, 1.165) is 11.1 Å². The Bertz CT molecular complexity index is 1090. The predicted molar refractivity (Wildman–Crippen MR) is 115 cm³/mol. The number of esters is 1. The van der Waals surface area contributed by atoms with Gasteiger partial charge in [0.2, 0.25) is 11.8 Å². The Morgan fingerprint density at radius 3 is 2.23 bits per heavy atom. The van der Waals surface area contributed by atoms with Gasteiger partial charge in [-0.2, -0.15) is 0 Å². The molecule has 2 aromatic rings. The van der Waals surface area contributed by atoms with Gasteiger partial charge in [0.05, 0.1) is 23.1 Å². The van der Waals surface area contributed by atoms with Crippen molar-refractivity contribution >= 4 is 29.3 Å². The SMILES string of the molecule is Cc1ccc(C(=O)COC(=O)c2cccc(N3C(=O)C4CC=CCC4C3=O)c2)cc1C. The third-order valence-corrected chi connectivity index (χ3v) is 6.01. The molecule has 31 heavy (non-hydrogen) atoms. The number of fused-ring (bicyclic) bond motifs is 1. The molecular formula is C25H23NO5. The second kappa shape index (κ2) is 8.30. The standard InChI is InChI=1S/C25H23NO5/c1-15-10-11-17(12-16(15)2)22(27)14-31-25(30)18-6-5-7-19(13-18)26-23(28)20-8-3-4-9-21(20)24(26)29/h3-7,10-13,20-21H,8-9,14H2,1-2H3. The molecular weight excluding hydrogens is 394 g/mol. The maximum atomic E-state index is 12.8. The van der Waals surface area contributed by atoms with E-state index in [9.17, 15) is 19.2 Å². The second-order valence-electron chi connectivity index (χ2n) is 8.02. The highest BCUT2D eigenvalue weighted by Gasteiger charge is 2.47. The van der Waals surface area contributed by atoms with Gasteiger partial charge in [0.15, 0.2) is 12.4 Å². The number of anilines is 1. The van der Waals surface area contributed by atoms with Crippen LogP contribution in [0, 0.1) is 25.7 Å². The zero-order valence-corrected chi connectivity index (χ0v) is 17.5. The number of aryl methyl sites for hydroxylation is 2. The van der Waals surface area contributed by atoms with Crippen molar-refractivity contribution in [1.29, 1.82) is 0 Å². The Balaban J connectivity index is 1.46. The molecule has 2 atom stereocenters. The van der Waals surface area contributed by atoms with Crippen LogP contribution in [0.2, 0.25) is 0 Å². The van der Waals surface area contributed by atoms with E-state index in [1.807, 2.05) is 32.1 Å². The lowest BCUT2D eigenvalue weighted by Gasteiger charge is -2.15. The molecule has 2 aromatic carbocycles. The molecule has 1 fully saturated rings. The Hall–Kier alpha value is -3.54. The normalized spacial score (nSPS) is 20.0. The van der Waals surface area contributed by atoms with Crippen LogP contribution in [-0.4, -0.2) is 30.2 Å². The first-order valence-electron chi connectivity index (χ1n) is 10.3. The fourth-order valence-corrected chi connectivity index (χ4v) is 4.04. The van der Waals surface area contributed by atoms with Crippen LogP contribution < -0.4 is 4.90 Å². The van der Waals surface area contributed by atoms with Gasteiger partial charge in [-0.05, 0) is 62.1 Å². The van der Waals surface area contributed by atoms with Crippen LogP contribution in [0.4, 0.5) is 5.69 Å². The zero-order valence-electron chi connectivity index (χ0n) is 17.5. The van der Waals surface area contributed by atoms with Crippen LogP contribution in [0.25, 0.3) is 0 Å². The highest BCUT2D eigenvalue weighted by Crippen LogP contribution is 2.37. The van der Waals surface area contributed by atoms with Crippen molar-refractivity contribution in [2.75, 3.05) is 11.5 Å². The molecule has 0 spiro atoms. The molecule has 6 nitrogen and oxygen atoms in total. The number of ketones is 1. The Kier molecular flexibility index (Phi) is 5.55. The summed E-state index contributed by atoms with van der Waals surface area (Å²) in [4.78, 5) is 51.6. The minimum Gasteiger partial charge on any atom is -0.454 e. The summed E-state index contributed by atoms with van der Waals surface area (Å²) in [5.41, 5.74) is 3.07. The number of benzene rings is 2. The molecule has 2 aliphatic rings. The molecule has 1 saturated heterocycles. The average Bonchev–Trinajstić information content (AvgIpc) is 3.04. The van der Waals surface area contributed by atoms with E-state index in [2.05, 4.69) is 0 Å². The van der Waals surface area contributed by atoms with Gasteiger partial charge in [0.25, 0.3) is 0 Å². The van der Waals surface area contributed by atoms with Crippen molar-refractivity contribution in [3.05, 3.63) is 76.9 Å². The summed E-state index contributed by atoms with van der Waals surface area (Å²) >= 11 is 0. The molecule has 2 unspecified atom stereocenters. The van der Waals surface area contributed by atoms with E-state index < -0.39 is 5.97 Å². The second-order valence-corrected chi connectivity index (χ2v) is 8.02. The summed E-state index contributed by atoms with van der Waals surface area (Å²) < 4.78 is 5.19. The van der Waals surface area contributed by atoms with Gasteiger partial charge in [0, 0.05) is 5.56 Å². The molecule has 0 bridgehead atoms. The first kappa shape index (κ1) is 20.7. The maximum absolute atomic E-state index is 12.8. The summed E-state index contributed by atoms with van der Waals surface area (Å²) in [6.07, 6.45) is 4.95. The lowest BCUT2D eigenvalue weighted by Crippen LogP contribution is -2.31. The maximum Gasteiger partial charge on any atom is 0.338 e. The highest BCUT2D eigenvalue weighted by molar-refractivity contribution is 6.22. The molecule has 1 aliphatic heterocycles. The summed E-state index contributed by atoms with van der Waals surface area (Å²) in [6, 6.07) is 11.5. The fraction of sp³-hybridized carbons (Fsp3) is 0.280. The molecule has 158 valence electrons. The molecule has 0 N–H and O–H groups in total. The van der Waals surface area contributed by atoms with Gasteiger partial charge in [-0.3, -0.25) is 19.3 Å². The van der Waals surface area contributed by atoms with Crippen LogP contribution in [0.5, 0.6) is 0 Å². The van der Waals surface area contributed by atoms with Crippen LogP contribution in [0.15, 0.2) is 54.6 Å². The van der Waals surface area contributed by atoms with Crippen molar-refractivity contribution in [2.24, 2.45) is 11.8 Å². The number of amides is 2. The van der Waals surface area contributed by atoms with Crippen molar-refractivity contribution in [3.63, 3.8) is 0 Å². The molecule has 0 aromatic heterocycles. The minimum atomic E-state index is -0.683. The van der Waals surface area contributed by atoms with Gasteiger partial charge >= 0.3 is 5.97 Å². The zero-order chi connectivity index (χ0) is 22.1. The van der Waals surface area contributed by atoms with Crippen LogP contribution in [0.3, 0.4) is 0 Å². The Morgan fingerprint density at radius 2 is 1.58 bits per heavy atom. The van der Waals surface area contributed by atoms with E-state index in [1.165, 1.54) is 17.0 Å². The van der Waals surface area contributed by atoms with E-state index in [0.29, 0.717) is 24.1 Å². The lowest BCUT2D eigenvalue weighted by molar-refractivity contribution is -0.122. The Labute approximate surface area is 180 Å². The highest BCUT2D eigenvalue weighted by atomic mass is 16.5. The predicted octanol–water partition coefficient (Wildman–Crippen LogP) is 3.80. The number of carbonyl (C=O) groups is 4. The molecule has 2 amide bonds. The van der Waals surface area contributed by atoms with Crippen molar-refractivity contribution in [1.82, 2.24) is 0 Å². The number of carbonyl (C=O) groups excluding carboxylic acids is 4. The van der Waals surface area contributed by atoms with Crippen LogP contribution in [-0.2, 0) is 14.3 Å². The van der Waals surface area contributed by atoms with Gasteiger partial charge in [-0.1, -0.05) is 30.4 Å². The summed E-state index contributed by atoms with van der Waals surface area (Å²) in [6.45, 7) is 3.48. The number of nitrogens with zero attached hydrogens (tertiary/aromatic N) is 1. The van der Waals surface area contributed by atoms with Gasteiger partial charge in [0.1, 0.15) is 0 Å². The molecule has 0 radical (unpaired) electrons. The molecule has 0 saturated carbocycles. The lowest BCUT2D eigenvalue weighted by atomic mass is 9.85. The number of ether oxygens (including phenoxy) is 1. The smallest absolute Gasteiger partial charge is 0.338 e. The number of allylic oxidation sites excluding steroid dienone is 2. The van der Waals surface area contributed by atoms with E-state index in [4.69, 9.17) is 4.74 Å². The van der Waals surface area contributed by atoms with E-state index in [-0.39, 0.29) is 41.6 Å². The molecule has 4 rings (SSSR count). The minimum absolute atomic E-state index is 0.180. The Morgan fingerprint density at radius 1 is 0.903 bits per heavy atom.